The highest BCUT2D eigenvalue weighted by Crippen LogP contribution is 2.48. The van der Waals surface area contributed by atoms with Crippen LogP contribution in [-0.4, -0.2) is 11.9 Å². The van der Waals surface area contributed by atoms with Gasteiger partial charge in [0.25, 0.3) is 0 Å². The van der Waals surface area contributed by atoms with E-state index in [2.05, 4.69) is 31.3 Å². The summed E-state index contributed by atoms with van der Waals surface area (Å²) >= 11 is 0. The number of hydrogen-bond acceptors (Lipinski definition) is 1. The molecule has 1 aromatic rings. The molecule has 0 aromatic heterocycles. The van der Waals surface area contributed by atoms with Crippen molar-refractivity contribution in [2.45, 2.75) is 44.6 Å². The number of nitrogens with one attached hydrogen (secondary N) is 1. The fraction of sp³-hybridized carbons (Fsp3) is 0.500. The van der Waals surface area contributed by atoms with Gasteiger partial charge in [0.15, 0.2) is 0 Å². The van der Waals surface area contributed by atoms with Crippen molar-refractivity contribution in [2.75, 3.05) is 0 Å². The van der Waals surface area contributed by atoms with E-state index in [1.54, 1.807) is 0 Å². The number of hydrogen-bond donors (Lipinski definition) is 1. The first kappa shape index (κ1) is 11.2. The minimum absolute atomic E-state index is 0.202. The number of carbonyl (C=O) groups is 1. The zero-order valence-electron chi connectivity index (χ0n) is 9.99. The van der Waals surface area contributed by atoms with Gasteiger partial charge in [-0.1, -0.05) is 37.3 Å². The van der Waals surface area contributed by atoms with Crippen LogP contribution in [0.5, 0.6) is 0 Å². The van der Waals surface area contributed by atoms with Crippen molar-refractivity contribution in [3.8, 4) is 0 Å². The summed E-state index contributed by atoms with van der Waals surface area (Å²) in [6, 6.07) is 10.4. The third kappa shape index (κ3) is 1.97. The fourth-order valence-corrected chi connectivity index (χ4v) is 1.99. The summed E-state index contributed by atoms with van der Waals surface area (Å²) in [4.78, 5) is 12.2. The van der Waals surface area contributed by atoms with Gasteiger partial charge in [-0.2, -0.15) is 0 Å². The van der Waals surface area contributed by atoms with Crippen LogP contribution in [-0.2, 0) is 10.2 Å². The third-order valence-electron chi connectivity index (χ3n) is 3.50. The highest BCUT2D eigenvalue weighted by Gasteiger charge is 2.51. The molecule has 16 heavy (non-hydrogen) atoms. The maximum absolute atomic E-state index is 12.2. The van der Waals surface area contributed by atoms with Gasteiger partial charge in [0.2, 0.25) is 5.91 Å². The fourth-order valence-electron chi connectivity index (χ4n) is 1.99. The molecule has 0 spiro atoms. The first-order valence-corrected chi connectivity index (χ1v) is 6.05. The number of carbonyl (C=O) groups excluding carboxylic acids is 1. The molecule has 1 saturated carbocycles. The van der Waals surface area contributed by atoms with E-state index in [1.807, 2.05) is 18.2 Å². The highest BCUT2D eigenvalue weighted by atomic mass is 16.2. The van der Waals surface area contributed by atoms with Gasteiger partial charge in [-0.15, -0.1) is 0 Å². The SMILES string of the molecule is CC[C@H](C)NC(=O)C1(c2ccccc2)CC1. The molecule has 0 saturated heterocycles. The maximum Gasteiger partial charge on any atom is 0.230 e. The molecule has 2 nitrogen and oxygen atoms in total. The molecule has 86 valence electrons. The molecule has 1 N–H and O–H groups in total. The van der Waals surface area contributed by atoms with E-state index < -0.39 is 0 Å². The average Bonchev–Trinajstić information content (AvgIpc) is 3.11. The molecule has 0 bridgehead atoms. The monoisotopic (exact) mass is 217 g/mol. The summed E-state index contributed by atoms with van der Waals surface area (Å²) in [7, 11) is 0. The molecule has 1 aromatic carbocycles. The van der Waals surface area contributed by atoms with E-state index >= 15 is 0 Å². The minimum Gasteiger partial charge on any atom is -0.353 e. The van der Waals surface area contributed by atoms with Crippen LogP contribution in [0.15, 0.2) is 30.3 Å². The third-order valence-corrected chi connectivity index (χ3v) is 3.50. The van der Waals surface area contributed by atoms with Crippen molar-refractivity contribution in [3.05, 3.63) is 35.9 Å². The Kier molecular flexibility index (Phi) is 2.99. The zero-order valence-corrected chi connectivity index (χ0v) is 9.99. The van der Waals surface area contributed by atoms with Crippen LogP contribution in [0.1, 0.15) is 38.7 Å². The van der Waals surface area contributed by atoms with Crippen LogP contribution < -0.4 is 5.32 Å². The summed E-state index contributed by atoms with van der Waals surface area (Å²) < 4.78 is 0. The molecule has 1 fully saturated rings. The second-order valence-corrected chi connectivity index (χ2v) is 4.73. The van der Waals surface area contributed by atoms with Crippen molar-refractivity contribution in [2.24, 2.45) is 0 Å². The predicted molar refractivity (Wildman–Crippen MR) is 65.2 cm³/mol. The van der Waals surface area contributed by atoms with Gasteiger partial charge in [0.05, 0.1) is 5.41 Å². The molecule has 0 heterocycles. The van der Waals surface area contributed by atoms with Gasteiger partial charge in [-0.05, 0) is 31.7 Å². The summed E-state index contributed by atoms with van der Waals surface area (Å²) in [5.74, 6) is 0.202. The van der Waals surface area contributed by atoms with Gasteiger partial charge >= 0.3 is 0 Å². The Morgan fingerprint density at radius 1 is 1.38 bits per heavy atom. The van der Waals surface area contributed by atoms with Crippen molar-refractivity contribution in [3.63, 3.8) is 0 Å². The summed E-state index contributed by atoms with van der Waals surface area (Å²) in [5, 5.41) is 3.09. The van der Waals surface area contributed by atoms with E-state index in [0.717, 1.165) is 24.8 Å². The number of amides is 1. The quantitative estimate of drug-likeness (QED) is 0.825. The van der Waals surface area contributed by atoms with Crippen LogP contribution >= 0.6 is 0 Å². The Morgan fingerprint density at radius 2 is 2.00 bits per heavy atom. The largest absolute Gasteiger partial charge is 0.353 e. The van der Waals surface area contributed by atoms with E-state index in [1.165, 1.54) is 0 Å². The minimum atomic E-state index is -0.218. The summed E-state index contributed by atoms with van der Waals surface area (Å²) in [5.41, 5.74) is 0.945. The highest BCUT2D eigenvalue weighted by molar-refractivity contribution is 5.91. The predicted octanol–water partition coefficient (Wildman–Crippen LogP) is 2.63. The lowest BCUT2D eigenvalue weighted by atomic mass is 9.94. The van der Waals surface area contributed by atoms with Gasteiger partial charge in [-0.3, -0.25) is 4.79 Å². The van der Waals surface area contributed by atoms with E-state index in [-0.39, 0.29) is 17.4 Å². The van der Waals surface area contributed by atoms with Gasteiger partial charge in [0.1, 0.15) is 0 Å². The molecule has 0 aliphatic heterocycles. The maximum atomic E-state index is 12.2. The topological polar surface area (TPSA) is 29.1 Å². The number of rotatable bonds is 4. The van der Waals surface area contributed by atoms with Gasteiger partial charge in [-0.25, -0.2) is 0 Å². The smallest absolute Gasteiger partial charge is 0.230 e. The molecule has 1 amide bonds. The standard InChI is InChI=1S/C14H19NO/c1-3-11(2)15-13(16)14(9-10-14)12-7-5-4-6-8-12/h4-8,11H,3,9-10H2,1-2H3,(H,15,16)/t11-/m0/s1. The lowest BCUT2D eigenvalue weighted by Gasteiger charge is -2.19. The van der Waals surface area contributed by atoms with Crippen LogP contribution in [0.3, 0.4) is 0 Å². The lowest BCUT2D eigenvalue weighted by Crippen LogP contribution is -2.39. The summed E-state index contributed by atoms with van der Waals surface area (Å²) in [6.45, 7) is 4.14. The molecular weight excluding hydrogens is 198 g/mol. The second kappa shape index (κ2) is 4.28. The first-order valence-electron chi connectivity index (χ1n) is 6.05. The molecule has 1 aliphatic carbocycles. The van der Waals surface area contributed by atoms with Crippen molar-refractivity contribution < 1.29 is 4.79 Å². The van der Waals surface area contributed by atoms with Crippen molar-refractivity contribution in [1.82, 2.24) is 5.32 Å². The molecule has 0 unspecified atom stereocenters. The zero-order chi connectivity index (χ0) is 11.6. The Balaban J connectivity index is 2.12. The van der Waals surface area contributed by atoms with E-state index in [0.29, 0.717) is 0 Å². The van der Waals surface area contributed by atoms with Crippen LogP contribution in [0.4, 0.5) is 0 Å². The Bertz CT molecular complexity index is 368. The second-order valence-electron chi connectivity index (χ2n) is 4.73. The van der Waals surface area contributed by atoms with E-state index in [9.17, 15) is 4.79 Å². The van der Waals surface area contributed by atoms with Gasteiger partial charge in [0, 0.05) is 6.04 Å². The Hall–Kier alpha value is -1.31. The van der Waals surface area contributed by atoms with E-state index in [4.69, 9.17) is 0 Å². The molecule has 1 atom stereocenters. The average molecular weight is 217 g/mol. The van der Waals surface area contributed by atoms with Crippen molar-refractivity contribution >= 4 is 5.91 Å². The first-order chi connectivity index (χ1) is 7.69. The molecule has 0 radical (unpaired) electrons. The van der Waals surface area contributed by atoms with Crippen LogP contribution in [0.25, 0.3) is 0 Å². The van der Waals surface area contributed by atoms with Crippen LogP contribution in [0.2, 0.25) is 0 Å². The molecular formula is C14H19NO. The van der Waals surface area contributed by atoms with Crippen molar-refractivity contribution in [1.29, 1.82) is 0 Å². The van der Waals surface area contributed by atoms with Crippen LogP contribution in [0, 0.1) is 0 Å². The Morgan fingerprint density at radius 3 is 2.50 bits per heavy atom. The summed E-state index contributed by atoms with van der Waals surface area (Å²) in [6.07, 6.45) is 2.95. The molecule has 2 rings (SSSR count). The van der Waals surface area contributed by atoms with Gasteiger partial charge < -0.3 is 5.32 Å². The normalized spacial score (nSPS) is 18.9. The number of benzene rings is 1. The lowest BCUT2D eigenvalue weighted by molar-refractivity contribution is -0.124. The Labute approximate surface area is 97.1 Å². The molecule has 1 aliphatic rings. The molecule has 2 heteroatoms.